The van der Waals surface area contributed by atoms with Gasteiger partial charge in [-0.05, 0) is 67.4 Å². The van der Waals surface area contributed by atoms with E-state index in [1.807, 2.05) is 0 Å². The maximum absolute atomic E-state index is 13.2. The van der Waals surface area contributed by atoms with Gasteiger partial charge in [-0.3, -0.25) is 19.7 Å². The van der Waals surface area contributed by atoms with Gasteiger partial charge in [-0.1, -0.05) is 35.9 Å². The summed E-state index contributed by atoms with van der Waals surface area (Å²) in [6.07, 6.45) is 1.34. The highest BCUT2D eigenvalue weighted by molar-refractivity contribution is 6.39. The van der Waals surface area contributed by atoms with Crippen molar-refractivity contribution in [1.29, 1.82) is 0 Å². The predicted molar refractivity (Wildman–Crippen MR) is 150 cm³/mol. The van der Waals surface area contributed by atoms with Crippen molar-refractivity contribution < 1.29 is 33.4 Å². The molecule has 1 saturated heterocycles. The molecule has 0 radical (unpaired) electrons. The van der Waals surface area contributed by atoms with Crippen molar-refractivity contribution in [3.8, 4) is 17.2 Å². The minimum absolute atomic E-state index is 0.224. The minimum Gasteiger partial charge on any atom is -0.495 e. The van der Waals surface area contributed by atoms with Crippen molar-refractivity contribution in [3.05, 3.63) is 82.4 Å². The minimum atomic E-state index is -0.878. The molecular weight excluding hydrogens is 538 g/mol. The zero-order chi connectivity index (χ0) is 28.8. The lowest BCUT2D eigenvalue weighted by Gasteiger charge is -2.26. The van der Waals surface area contributed by atoms with Gasteiger partial charge in [-0.2, -0.15) is 0 Å². The van der Waals surface area contributed by atoms with Gasteiger partial charge in [0.1, 0.15) is 11.3 Å². The summed E-state index contributed by atoms with van der Waals surface area (Å²) >= 11 is 6.18. The number of hydrogen-bond acceptors (Lipinski definition) is 7. The smallest absolute Gasteiger partial charge is 0.335 e. The van der Waals surface area contributed by atoms with Gasteiger partial charge in [0.25, 0.3) is 17.7 Å². The number of barbiturate groups is 1. The summed E-state index contributed by atoms with van der Waals surface area (Å²) in [5.74, 6) is -0.969. The first-order valence-corrected chi connectivity index (χ1v) is 12.6. The van der Waals surface area contributed by atoms with Crippen LogP contribution in [0.2, 0.25) is 5.02 Å². The Balaban J connectivity index is 1.54. The molecule has 3 aromatic rings. The molecule has 1 aliphatic heterocycles. The largest absolute Gasteiger partial charge is 0.495 e. The highest BCUT2D eigenvalue weighted by Crippen LogP contribution is 2.31. The standard InChI is InChI=1S/C29H26ClN3O7/c1-4-39-25-14-18(10-12-24(25)40-16-26(34)31-22-7-5-6-8-23(22)38-3)13-20-27(35)32-29(37)33(28(20)36)19-11-9-17(2)21(30)15-19/h5-15H,4,16H2,1-3H3,(H,31,34)(H,32,35,37)/b20-13+. The van der Waals surface area contributed by atoms with E-state index in [0.29, 0.717) is 34.4 Å². The van der Waals surface area contributed by atoms with Crippen molar-refractivity contribution in [2.75, 3.05) is 30.5 Å². The molecule has 206 valence electrons. The Bertz CT molecular complexity index is 1520. The van der Waals surface area contributed by atoms with E-state index in [0.717, 1.165) is 10.5 Å². The first kappa shape index (κ1) is 28.2. The molecule has 11 heteroatoms. The number of methoxy groups -OCH3 is 1. The van der Waals surface area contributed by atoms with Crippen molar-refractivity contribution in [1.82, 2.24) is 5.32 Å². The molecule has 1 heterocycles. The topological polar surface area (TPSA) is 123 Å². The average molecular weight is 564 g/mol. The third kappa shape index (κ3) is 6.24. The number of nitrogens with one attached hydrogen (secondary N) is 2. The van der Waals surface area contributed by atoms with Crippen LogP contribution in [0.25, 0.3) is 6.08 Å². The van der Waals surface area contributed by atoms with E-state index < -0.39 is 23.8 Å². The fraction of sp³-hybridized carbons (Fsp3) is 0.172. The molecule has 3 aromatic carbocycles. The molecule has 1 fully saturated rings. The van der Waals surface area contributed by atoms with Gasteiger partial charge in [-0.25, -0.2) is 9.69 Å². The molecule has 0 aliphatic carbocycles. The zero-order valence-electron chi connectivity index (χ0n) is 21.9. The van der Waals surface area contributed by atoms with E-state index in [1.54, 1.807) is 68.4 Å². The molecule has 40 heavy (non-hydrogen) atoms. The fourth-order valence-electron chi connectivity index (χ4n) is 3.86. The Kier molecular flexibility index (Phi) is 8.70. The van der Waals surface area contributed by atoms with Gasteiger partial charge in [-0.15, -0.1) is 0 Å². The second kappa shape index (κ2) is 12.4. The predicted octanol–water partition coefficient (Wildman–Crippen LogP) is 4.74. The van der Waals surface area contributed by atoms with Crippen molar-refractivity contribution in [3.63, 3.8) is 0 Å². The lowest BCUT2D eigenvalue weighted by Crippen LogP contribution is -2.54. The zero-order valence-corrected chi connectivity index (χ0v) is 22.7. The van der Waals surface area contributed by atoms with Crippen LogP contribution in [0.15, 0.2) is 66.2 Å². The maximum atomic E-state index is 13.2. The summed E-state index contributed by atoms with van der Waals surface area (Å²) in [5.41, 5.74) is 1.67. The Morgan fingerprint density at radius 1 is 1.00 bits per heavy atom. The number of amides is 5. The van der Waals surface area contributed by atoms with Gasteiger partial charge < -0.3 is 19.5 Å². The third-order valence-corrected chi connectivity index (χ3v) is 6.24. The molecule has 0 aromatic heterocycles. The van der Waals surface area contributed by atoms with Gasteiger partial charge >= 0.3 is 6.03 Å². The number of carbonyl (C=O) groups is 4. The molecule has 10 nitrogen and oxygen atoms in total. The molecule has 0 saturated carbocycles. The second-order valence-corrected chi connectivity index (χ2v) is 8.97. The van der Waals surface area contributed by atoms with Crippen LogP contribution < -0.4 is 29.7 Å². The average Bonchev–Trinajstić information content (AvgIpc) is 2.93. The van der Waals surface area contributed by atoms with Crippen LogP contribution in [0.1, 0.15) is 18.1 Å². The number of halogens is 1. The molecule has 1 aliphatic rings. The number of aryl methyl sites for hydroxylation is 1. The number of para-hydroxylation sites is 2. The summed E-state index contributed by atoms with van der Waals surface area (Å²) in [6.45, 7) is 3.54. The molecule has 0 bridgehead atoms. The molecule has 0 unspecified atom stereocenters. The van der Waals surface area contributed by atoms with E-state index >= 15 is 0 Å². The van der Waals surface area contributed by atoms with Gasteiger partial charge in [0.2, 0.25) is 0 Å². The van der Waals surface area contributed by atoms with Crippen LogP contribution in [0.4, 0.5) is 16.2 Å². The van der Waals surface area contributed by atoms with Crippen molar-refractivity contribution in [2.45, 2.75) is 13.8 Å². The highest BCUT2D eigenvalue weighted by atomic mass is 35.5. The number of carbonyl (C=O) groups excluding carboxylic acids is 4. The van der Waals surface area contributed by atoms with Gasteiger partial charge in [0.05, 0.1) is 25.1 Å². The third-order valence-electron chi connectivity index (χ3n) is 5.83. The van der Waals surface area contributed by atoms with E-state index in [1.165, 1.54) is 19.3 Å². The summed E-state index contributed by atoms with van der Waals surface area (Å²) in [7, 11) is 1.50. The number of benzene rings is 3. The Hall–Kier alpha value is -4.83. The van der Waals surface area contributed by atoms with Crippen molar-refractivity contribution in [2.24, 2.45) is 0 Å². The maximum Gasteiger partial charge on any atom is 0.335 e. The van der Waals surface area contributed by atoms with E-state index in [2.05, 4.69) is 10.6 Å². The van der Waals surface area contributed by atoms with E-state index in [4.69, 9.17) is 25.8 Å². The SMILES string of the molecule is CCOc1cc(/C=C2\C(=O)NC(=O)N(c3ccc(C)c(Cl)c3)C2=O)ccc1OCC(=O)Nc1ccccc1OC. The Labute approximate surface area is 235 Å². The first-order valence-electron chi connectivity index (χ1n) is 12.2. The summed E-state index contributed by atoms with van der Waals surface area (Å²) in [4.78, 5) is 51.6. The van der Waals surface area contributed by atoms with E-state index in [9.17, 15) is 19.2 Å². The van der Waals surface area contributed by atoms with Crippen LogP contribution in [0.3, 0.4) is 0 Å². The molecular formula is C29H26ClN3O7. The van der Waals surface area contributed by atoms with Crippen LogP contribution in [0.5, 0.6) is 17.2 Å². The Morgan fingerprint density at radius 3 is 2.50 bits per heavy atom. The number of rotatable bonds is 9. The number of hydrogen-bond donors (Lipinski definition) is 2. The van der Waals surface area contributed by atoms with Gasteiger partial charge in [0.15, 0.2) is 18.1 Å². The highest BCUT2D eigenvalue weighted by Gasteiger charge is 2.37. The normalized spacial score (nSPS) is 14.2. The van der Waals surface area contributed by atoms with Gasteiger partial charge in [0, 0.05) is 5.02 Å². The van der Waals surface area contributed by atoms with Crippen molar-refractivity contribution >= 4 is 52.8 Å². The van der Waals surface area contributed by atoms with Crippen LogP contribution in [-0.4, -0.2) is 44.1 Å². The molecule has 0 atom stereocenters. The quantitative estimate of drug-likeness (QED) is 0.285. The number of nitrogens with zero attached hydrogens (tertiary/aromatic N) is 1. The second-order valence-electron chi connectivity index (χ2n) is 8.57. The summed E-state index contributed by atoms with van der Waals surface area (Å²) in [6, 6.07) is 15.5. The van der Waals surface area contributed by atoms with Crippen LogP contribution >= 0.6 is 11.6 Å². The summed E-state index contributed by atoms with van der Waals surface area (Å²) < 4.78 is 16.6. The number of ether oxygens (including phenoxy) is 3. The molecule has 0 spiro atoms. The molecule has 2 N–H and O–H groups in total. The van der Waals surface area contributed by atoms with Crippen LogP contribution in [0, 0.1) is 6.92 Å². The number of imide groups is 2. The lowest BCUT2D eigenvalue weighted by molar-refractivity contribution is -0.122. The lowest BCUT2D eigenvalue weighted by atomic mass is 10.1. The molecule has 5 amide bonds. The monoisotopic (exact) mass is 563 g/mol. The fourth-order valence-corrected chi connectivity index (χ4v) is 4.03. The molecule has 4 rings (SSSR count). The Morgan fingerprint density at radius 2 is 1.77 bits per heavy atom. The number of anilines is 2. The van der Waals surface area contributed by atoms with E-state index in [-0.39, 0.29) is 23.6 Å². The number of urea groups is 1. The first-order chi connectivity index (χ1) is 19.2. The van der Waals surface area contributed by atoms with Crippen LogP contribution in [-0.2, 0) is 14.4 Å². The summed E-state index contributed by atoms with van der Waals surface area (Å²) in [5, 5.41) is 5.28.